The number of benzene rings is 1. The van der Waals surface area contributed by atoms with Gasteiger partial charge in [-0.05, 0) is 37.3 Å². The number of hydrogen-bond acceptors (Lipinski definition) is 3. The van der Waals surface area contributed by atoms with E-state index in [1.54, 1.807) is 12.1 Å². The average molecular weight is 281 g/mol. The van der Waals surface area contributed by atoms with Gasteiger partial charge in [0.05, 0.1) is 16.3 Å². The molecule has 0 bridgehead atoms. The maximum atomic E-state index is 12.2. The molecule has 1 aliphatic rings. The number of rotatable bonds is 6. The van der Waals surface area contributed by atoms with Crippen LogP contribution in [-0.4, -0.2) is 20.7 Å². The van der Waals surface area contributed by atoms with Gasteiger partial charge >= 0.3 is 0 Å². The fraction of sp³-hybridized carbons (Fsp3) is 0.600. The summed E-state index contributed by atoms with van der Waals surface area (Å²) in [5.74, 6) is 0.914. The Labute approximate surface area is 116 Å². The second-order valence-electron chi connectivity index (χ2n) is 5.35. The molecule has 19 heavy (non-hydrogen) atoms. The van der Waals surface area contributed by atoms with E-state index < -0.39 is 9.84 Å². The standard InChI is InChI=1S/C15H23NO2S/c1-2-11-19(17,18)15-10-6-5-9-14(15)16-12-13-7-3-4-8-13/h5-6,9-10,13,16H,2-4,7-8,11-12H2,1H3. The van der Waals surface area contributed by atoms with Gasteiger partial charge in [0.15, 0.2) is 9.84 Å². The van der Waals surface area contributed by atoms with Gasteiger partial charge in [-0.15, -0.1) is 0 Å². The van der Waals surface area contributed by atoms with Gasteiger partial charge in [-0.2, -0.15) is 0 Å². The number of sulfone groups is 1. The van der Waals surface area contributed by atoms with Crippen LogP contribution in [-0.2, 0) is 9.84 Å². The van der Waals surface area contributed by atoms with E-state index in [1.807, 2.05) is 19.1 Å². The van der Waals surface area contributed by atoms with Crippen LogP contribution in [0.3, 0.4) is 0 Å². The summed E-state index contributed by atoms with van der Waals surface area (Å²) >= 11 is 0. The van der Waals surface area contributed by atoms with E-state index in [4.69, 9.17) is 0 Å². The number of anilines is 1. The van der Waals surface area contributed by atoms with Crippen molar-refractivity contribution in [2.75, 3.05) is 17.6 Å². The molecule has 1 saturated carbocycles. The fourth-order valence-electron chi connectivity index (χ4n) is 2.73. The van der Waals surface area contributed by atoms with Gasteiger partial charge in [0.2, 0.25) is 0 Å². The van der Waals surface area contributed by atoms with Gasteiger partial charge in [-0.1, -0.05) is 31.9 Å². The van der Waals surface area contributed by atoms with Crippen LogP contribution < -0.4 is 5.32 Å². The minimum atomic E-state index is -3.15. The average Bonchev–Trinajstić information content (AvgIpc) is 2.90. The molecule has 0 amide bonds. The Bertz CT molecular complexity index is 505. The molecule has 2 rings (SSSR count). The van der Waals surface area contributed by atoms with E-state index in [9.17, 15) is 8.42 Å². The van der Waals surface area contributed by atoms with Crippen LogP contribution in [0.5, 0.6) is 0 Å². The predicted molar refractivity (Wildman–Crippen MR) is 79.2 cm³/mol. The highest BCUT2D eigenvalue weighted by Crippen LogP contribution is 2.27. The van der Waals surface area contributed by atoms with E-state index in [0.29, 0.717) is 17.2 Å². The molecule has 0 unspecified atom stereocenters. The van der Waals surface area contributed by atoms with Crippen molar-refractivity contribution >= 4 is 15.5 Å². The second kappa shape index (κ2) is 6.42. The molecular weight excluding hydrogens is 258 g/mol. The zero-order valence-electron chi connectivity index (χ0n) is 11.6. The van der Waals surface area contributed by atoms with Gasteiger partial charge in [0.25, 0.3) is 0 Å². The zero-order chi connectivity index (χ0) is 13.7. The predicted octanol–water partition coefficient (Wildman–Crippen LogP) is 3.47. The Morgan fingerprint density at radius 3 is 2.58 bits per heavy atom. The molecule has 0 saturated heterocycles. The summed E-state index contributed by atoms with van der Waals surface area (Å²) in [7, 11) is -3.15. The van der Waals surface area contributed by atoms with Crippen LogP contribution in [0, 0.1) is 5.92 Å². The van der Waals surface area contributed by atoms with Crippen molar-refractivity contribution in [3.8, 4) is 0 Å². The Balaban J connectivity index is 2.11. The summed E-state index contributed by atoms with van der Waals surface area (Å²) in [5, 5.41) is 3.34. The zero-order valence-corrected chi connectivity index (χ0v) is 12.4. The van der Waals surface area contributed by atoms with Gasteiger partial charge in [0.1, 0.15) is 0 Å². The summed E-state index contributed by atoms with van der Waals surface area (Å²) in [4.78, 5) is 0.454. The third-order valence-electron chi connectivity index (χ3n) is 3.75. The minimum Gasteiger partial charge on any atom is -0.384 e. The third kappa shape index (κ3) is 3.72. The SMILES string of the molecule is CCCS(=O)(=O)c1ccccc1NCC1CCCC1. The summed E-state index contributed by atoms with van der Waals surface area (Å²) in [6.45, 7) is 2.78. The van der Waals surface area contributed by atoms with Crippen LogP contribution in [0.2, 0.25) is 0 Å². The number of nitrogens with one attached hydrogen (secondary N) is 1. The molecule has 0 atom stereocenters. The second-order valence-corrected chi connectivity index (χ2v) is 7.42. The molecular formula is C15H23NO2S. The van der Waals surface area contributed by atoms with Gasteiger partial charge in [-0.3, -0.25) is 0 Å². The lowest BCUT2D eigenvalue weighted by Crippen LogP contribution is -2.14. The van der Waals surface area contributed by atoms with Crippen molar-refractivity contribution in [1.82, 2.24) is 0 Å². The molecule has 0 spiro atoms. The van der Waals surface area contributed by atoms with Crippen molar-refractivity contribution in [2.24, 2.45) is 5.92 Å². The monoisotopic (exact) mass is 281 g/mol. The Kier molecular flexibility index (Phi) is 4.86. The maximum absolute atomic E-state index is 12.2. The molecule has 3 nitrogen and oxygen atoms in total. The first-order chi connectivity index (χ1) is 9.13. The van der Waals surface area contributed by atoms with E-state index in [-0.39, 0.29) is 5.75 Å². The normalized spacial score (nSPS) is 16.7. The van der Waals surface area contributed by atoms with Crippen molar-refractivity contribution in [2.45, 2.75) is 43.9 Å². The van der Waals surface area contributed by atoms with Gasteiger partial charge < -0.3 is 5.32 Å². The van der Waals surface area contributed by atoms with Gasteiger partial charge in [0, 0.05) is 6.54 Å². The quantitative estimate of drug-likeness (QED) is 0.868. The van der Waals surface area contributed by atoms with E-state index >= 15 is 0 Å². The largest absolute Gasteiger partial charge is 0.384 e. The first kappa shape index (κ1) is 14.4. The molecule has 1 aromatic rings. The summed E-state index contributed by atoms with van der Waals surface area (Å²) in [6, 6.07) is 7.27. The molecule has 0 aliphatic heterocycles. The lowest BCUT2D eigenvalue weighted by atomic mass is 10.1. The number of para-hydroxylation sites is 1. The van der Waals surface area contributed by atoms with Crippen LogP contribution >= 0.6 is 0 Å². The molecule has 1 aromatic carbocycles. The van der Waals surface area contributed by atoms with Crippen molar-refractivity contribution in [3.63, 3.8) is 0 Å². The maximum Gasteiger partial charge on any atom is 0.180 e. The molecule has 0 radical (unpaired) electrons. The third-order valence-corrected chi connectivity index (χ3v) is 5.72. The van der Waals surface area contributed by atoms with E-state index in [2.05, 4.69) is 5.32 Å². The lowest BCUT2D eigenvalue weighted by molar-refractivity contribution is 0.577. The Morgan fingerprint density at radius 1 is 1.21 bits per heavy atom. The van der Waals surface area contributed by atoms with E-state index in [1.165, 1.54) is 25.7 Å². The lowest BCUT2D eigenvalue weighted by Gasteiger charge is -2.15. The van der Waals surface area contributed by atoms with Crippen LogP contribution in [0.4, 0.5) is 5.69 Å². The molecule has 0 aromatic heterocycles. The summed E-state index contributed by atoms with van der Waals surface area (Å²) in [6.07, 6.45) is 5.79. The topological polar surface area (TPSA) is 46.2 Å². The first-order valence-corrected chi connectivity index (χ1v) is 8.84. The smallest absolute Gasteiger partial charge is 0.180 e. The molecule has 1 aliphatic carbocycles. The Morgan fingerprint density at radius 2 is 1.89 bits per heavy atom. The minimum absolute atomic E-state index is 0.217. The highest BCUT2D eigenvalue weighted by atomic mass is 32.2. The molecule has 1 N–H and O–H groups in total. The van der Waals surface area contributed by atoms with Crippen molar-refractivity contribution < 1.29 is 8.42 Å². The molecule has 4 heteroatoms. The molecule has 106 valence electrons. The van der Waals surface area contributed by atoms with E-state index in [0.717, 1.165) is 12.2 Å². The Hall–Kier alpha value is -1.03. The van der Waals surface area contributed by atoms with Gasteiger partial charge in [-0.25, -0.2) is 8.42 Å². The van der Waals surface area contributed by atoms with Crippen LogP contribution in [0.15, 0.2) is 29.2 Å². The highest BCUT2D eigenvalue weighted by Gasteiger charge is 2.19. The van der Waals surface area contributed by atoms with Crippen LogP contribution in [0.1, 0.15) is 39.0 Å². The molecule has 0 heterocycles. The van der Waals surface area contributed by atoms with Crippen LogP contribution in [0.25, 0.3) is 0 Å². The first-order valence-electron chi connectivity index (χ1n) is 7.19. The van der Waals surface area contributed by atoms with Crippen molar-refractivity contribution in [3.05, 3.63) is 24.3 Å². The summed E-state index contributed by atoms with van der Waals surface area (Å²) < 4.78 is 24.4. The molecule has 1 fully saturated rings. The fourth-order valence-corrected chi connectivity index (χ4v) is 4.25. The summed E-state index contributed by atoms with van der Waals surface area (Å²) in [5.41, 5.74) is 0.767. The highest BCUT2D eigenvalue weighted by molar-refractivity contribution is 7.91. The van der Waals surface area contributed by atoms with Crippen molar-refractivity contribution in [1.29, 1.82) is 0 Å². The number of hydrogen-bond donors (Lipinski definition) is 1.